The summed E-state index contributed by atoms with van der Waals surface area (Å²) in [6.45, 7) is 7.83. The van der Waals surface area contributed by atoms with E-state index in [4.69, 9.17) is 4.74 Å². The first-order valence-electron chi connectivity index (χ1n) is 9.04. The van der Waals surface area contributed by atoms with Gasteiger partial charge in [-0.2, -0.15) is 0 Å². The number of para-hydroxylation sites is 1. The summed E-state index contributed by atoms with van der Waals surface area (Å²) in [4.78, 5) is 2.47. The van der Waals surface area contributed by atoms with E-state index in [-0.39, 0.29) is 5.41 Å². The van der Waals surface area contributed by atoms with E-state index in [1.54, 1.807) is 0 Å². The van der Waals surface area contributed by atoms with Crippen molar-refractivity contribution >= 4 is 27.7 Å². The second kappa shape index (κ2) is 5.91. The predicted octanol–water partition coefficient (Wildman–Crippen LogP) is 6.15. The fraction of sp³-hybridized carbons (Fsp3) is 0.364. The molecule has 1 atom stereocenters. The van der Waals surface area contributed by atoms with Crippen LogP contribution in [0.25, 0.3) is 6.08 Å². The van der Waals surface area contributed by atoms with E-state index in [1.165, 1.54) is 17.7 Å². The Hall–Kier alpha value is -1.74. The Morgan fingerprint density at radius 1 is 1.12 bits per heavy atom. The lowest BCUT2D eigenvalue weighted by Crippen LogP contribution is -2.59. The van der Waals surface area contributed by atoms with Crippen LogP contribution in [0.15, 0.2) is 53.0 Å². The average Bonchev–Trinajstić information content (AvgIpc) is 2.78. The molecule has 0 aromatic heterocycles. The fourth-order valence-electron chi connectivity index (χ4n) is 4.18. The number of fused-ring (bicyclic) bond motifs is 2. The van der Waals surface area contributed by atoms with Gasteiger partial charge in [0.2, 0.25) is 5.72 Å². The Morgan fingerprint density at radius 3 is 2.72 bits per heavy atom. The summed E-state index contributed by atoms with van der Waals surface area (Å²) in [6, 6.07) is 15.0. The Bertz CT molecular complexity index is 842. The van der Waals surface area contributed by atoms with Crippen LogP contribution in [0.2, 0.25) is 0 Å². The number of rotatable bonds is 3. The van der Waals surface area contributed by atoms with Crippen molar-refractivity contribution in [3.63, 3.8) is 0 Å². The van der Waals surface area contributed by atoms with E-state index < -0.39 is 5.72 Å². The van der Waals surface area contributed by atoms with Crippen molar-refractivity contribution in [3.8, 4) is 5.75 Å². The molecule has 130 valence electrons. The second-order valence-corrected chi connectivity index (χ2v) is 8.38. The van der Waals surface area contributed by atoms with Gasteiger partial charge in [-0.05, 0) is 62.2 Å². The van der Waals surface area contributed by atoms with Crippen molar-refractivity contribution < 1.29 is 4.74 Å². The van der Waals surface area contributed by atoms with Gasteiger partial charge in [-0.1, -0.05) is 47.5 Å². The second-order valence-electron chi connectivity index (χ2n) is 7.46. The molecule has 0 fully saturated rings. The highest BCUT2D eigenvalue weighted by molar-refractivity contribution is 9.10. The van der Waals surface area contributed by atoms with Crippen LogP contribution in [0, 0.1) is 0 Å². The van der Waals surface area contributed by atoms with Crippen molar-refractivity contribution in [2.75, 3.05) is 11.4 Å². The molecule has 25 heavy (non-hydrogen) atoms. The number of unbranched alkanes of at least 4 members (excludes halogenated alkanes) is 1. The maximum absolute atomic E-state index is 6.76. The Kier molecular flexibility index (Phi) is 3.95. The highest BCUT2D eigenvalue weighted by Crippen LogP contribution is 2.54. The van der Waals surface area contributed by atoms with Gasteiger partial charge >= 0.3 is 0 Å². The number of benzene rings is 2. The molecule has 0 saturated heterocycles. The van der Waals surface area contributed by atoms with Crippen molar-refractivity contribution in [1.29, 1.82) is 0 Å². The molecule has 0 amide bonds. The minimum atomic E-state index is -0.479. The summed E-state index contributed by atoms with van der Waals surface area (Å²) in [7, 11) is 0. The molecule has 0 bridgehead atoms. The van der Waals surface area contributed by atoms with Gasteiger partial charge in [0, 0.05) is 22.3 Å². The molecular weight excluding hydrogens is 374 g/mol. The maximum Gasteiger partial charge on any atom is 0.212 e. The summed E-state index contributed by atoms with van der Waals surface area (Å²) in [6.07, 6.45) is 6.80. The van der Waals surface area contributed by atoms with Crippen LogP contribution in [0.3, 0.4) is 0 Å². The molecule has 1 spiro atoms. The Labute approximate surface area is 158 Å². The van der Waals surface area contributed by atoms with Crippen LogP contribution in [-0.2, 0) is 5.41 Å². The van der Waals surface area contributed by atoms with E-state index in [9.17, 15) is 0 Å². The molecule has 2 heterocycles. The third-order valence-corrected chi connectivity index (χ3v) is 6.12. The normalized spacial score (nSPS) is 22.6. The molecule has 2 aromatic rings. The molecule has 2 nitrogen and oxygen atoms in total. The van der Waals surface area contributed by atoms with Gasteiger partial charge in [0.25, 0.3) is 0 Å². The predicted molar refractivity (Wildman–Crippen MR) is 108 cm³/mol. The van der Waals surface area contributed by atoms with Gasteiger partial charge in [-0.3, -0.25) is 0 Å². The number of hydrogen-bond acceptors (Lipinski definition) is 2. The molecule has 1 unspecified atom stereocenters. The molecule has 2 aliphatic rings. The number of anilines is 1. The minimum Gasteiger partial charge on any atom is -0.463 e. The van der Waals surface area contributed by atoms with Crippen LogP contribution in [-0.4, -0.2) is 12.3 Å². The number of ether oxygens (including phenoxy) is 1. The van der Waals surface area contributed by atoms with Crippen molar-refractivity contribution in [2.24, 2.45) is 0 Å². The zero-order valence-corrected chi connectivity index (χ0v) is 16.6. The molecule has 0 saturated carbocycles. The van der Waals surface area contributed by atoms with Crippen LogP contribution in [0.1, 0.15) is 44.7 Å². The first-order chi connectivity index (χ1) is 12.0. The summed E-state index contributed by atoms with van der Waals surface area (Å²) in [5.74, 6) is 0.952. The van der Waals surface area contributed by atoms with Crippen LogP contribution in [0.4, 0.5) is 5.69 Å². The molecule has 0 aliphatic carbocycles. The molecule has 2 aliphatic heterocycles. The van der Waals surface area contributed by atoms with Crippen molar-refractivity contribution in [2.45, 2.75) is 44.8 Å². The first-order valence-corrected chi connectivity index (χ1v) is 9.84. The van der Waals surface area contributed by atoms with E-state index in [0.717, 1.165) is 28.8 Å². The zero-order valence-electron chi connectivity index (χ0n) is 15.1. The topological polar surface area (TPSA) is 12.5 Å². The molecule has 4 rings (SSSR count). The molecular formula is C22H24BrNO. The third-order valence-electron chi connectivity index (χ3n) is 5.63. The lowest BCUT2D eigenvalue weighted by molar-refractivity contribution is 0.0532. The van der Waals surface area contributed by atoms with E-state index in [0.29, 0.717) is 0 Å². The summed E-state index contributed by atoms with van der Waals surface area (Å²) in [5, 5.41) is 0. The van der Waals surface area contributed by atoms with Crippen LogP contribution >= 0.6 is 15.9 Å². The first kappa shape index (κ1) is 16.7. The van der Waals surface area contributed by atoms with Crippen LogP contribution < -0.4 is 9.64 Å². The summed E-state index contributed by atoms with van der Waals surface area (Å²) >= 11 is 3.56. The largest absolute Gasteiger partial charge is 0.463 e. The standard InChI is InChI=1S/C22H24BrNO/c1-4-5-14-24-19-9-7-6-8-18(19)21(2,3)22(24)13-12-16-15-17(23)10-11-20(16)25-22/h6-13,15H,4-5,14H2,1-3H3. The lowest BCUT2D eigenvalue weighted by atomic mass is 9.76. The molecule has 0 N–H and O–H groups in total. The van der Waals surface area contributed by atoms with Crippen molar-refractivity contribution in [1.82, 2.24) is 0 Å². The Balaban J connectivity index is 1.86. The number of hydrogen-bond donors (Lipinski definition) is 0. The average molecular weight is 398 g/mol. The zero-order chi connectivity index (χ0) is 17.7. The summed E-state index contributed by atoms with van der Waals surface area (Å²) in [5.41, 5.74) is 3.16. The lowest BCUT2D eigenvalue weighted by Gasteiger charge is -2.47. The van der Waals surface area contributed by atoms with Gasteiger partial charge in [0.1, 0.15) is 5.75 Å². The highest BCUT2D eigenvalue weighted by Gasteiger charge is 2.58. The van der Waals surface area contributed by atoms with E-state index >= 15 is 0 Å². The highest BCUT2D eigenvalue weighted by atomic mass is 79.9. The van der Waals surface area contributed by atoms with Crippen molar-refractivity contribution in [3.05, 3.63) is 64.1 Å². The van der Waals surface area contributed by atoms with Gasteiger partial charge in [-0.25, -0.2) is 0 Å². The fourth-order valence-corrected chi connectivity index (χ4v) is 4.56. The summed E-state index contributed by atoms with van der Waals surface area (Å²) < 4.78 is 7.84. The maximum atomic E-state index is 6.76. The minimum absolute atomic E-state index is 0.140. The smallest absolute Gasteiger partial charge is 0.212 e. The number of nitrogens with zero attached hydrogens (tertiary/aromatic N) is 1. The monoisotopic (exact) mass is 397 g/mol. The van der Waals surface area contributed by atoms with Gasteiger partial charge in [-0.15, -0.1) is 0 Å². The SMILES string of the molecule is CCCCN1c2ccccc2C(C)(C)C12C=Cc1cc(Br)ccc1O2. The van der Waals surface area contributed by atoms with Gasteiger partial charge in [0.15, 0.2) is 0 Å². The third kappa shape index (κ3) is 2.36. The van der Waals surface area contributed by atoms with Gasteiger partial charge < -0.3 is 9.64 Å². The van der Waals surface area contributed by atoms with Crippen LogP contribution in [0.5, 0.6) is 5.75 Å². The quantitative estimate of drug-likeness (QED) is 0.615. The molecule has 3 heteroatoms. The van der Waals surface area contributed by atoms with Gasteiger partial charge in [0.05, 0.1) is 5.41 Å². The van der Waals surface area contributed by atoms with E-state index in [1.807, 2.05) is 0 Å². The number of halogens is 1. The molecule has 0 radical (unpaired) electrons. The Morgan fingerprint density at radius 2 is 1.92 bits per heavy atom. The van der Waals surface area contributed by atoms with E-state index in [2.05, 4.69) is 96.2 Å². The molecule has 2 aromatic carbocycles.